The third kappa shape index (κ3) is 4.36. The first-order valence-electron chi connectivity index (χ1n) is 10.8. The summed E-state index contributed by atoms with van der Waals surface area (Å²) in [6.07, 6.45) is 7.24. The van der Waals surface area contributed by atoms with Crippen LogP contribution in [0.4, 0.5) is 10.2 Å². The summed E-state index contributed by atoms with van der Waals surface area (Å²) in [5.41, 5.74) is 3.69. The van der Waals surface area contributed by atoms with Gasteiger partial charge in [0.05, 0.1) is 6.20 Å². The van der Waals surface area contributed by atoms with Gasteiger partial charge in [-0.2, -0.15) is 0 Å². The van der Waals surface area contributed by atoms with E-state index in [0.717, 1.165) is 41.8 Å². The molecule has 3 heterocycles. The van der Waals surface area contributed by atoms with Crippen LogP contribution in [-0.2, 0) is 11.8 Å². The van der Waals surface area contributed by atoms with Gasteiger partial charge < -0.3 is 4.90 Å². The lowest BCUT2D eigenvalue weighted by Crippen LogP contribution is -2.22. The van der Waals surface area contributed by atoms with Gasteiger partial charge in [0.2, 0.25) is 0 Å². The molecule has 4 rings (SSSR count). The summed E-state index contributed by atoms with van der Waals surface area (Å²) < 4.78 is 13.7. The Morgan fingerprint density at radius 3 is 2.32 bits per heavy atom. The highest BCUT2D eigenvalue weighted by atomic mass is 19.1. The molecule has 1 fully saturated rings. The molecule has 3 aromatic rings. The molecule has 1 aromatic carbocycles. The number of pyridine rings is 2. The Morgan fingerprint density at radius 2 is 1.68 bits per heavy atom. The summed E-state index contributed by atoms with van der Waals surface area (Å²) >= 11 is 0. The summed E-state index contributed by atoms with van der Waals surface area (Å²) in [6.45, 7) is 8.14. The maximum atomic E-state index is 13.7. The molecule has 0 spiro atoms. The summed E-state index contributed by atoms with van der Waals surface area (Å²) in [6, 6.07) is 12.4. The maximum Gasteiger partial charge on any atom is 0.169 e. The second kappa shape index (κ2) is 8.58. The number of aromatic nitrogens is 2. The molecule has 0 atom stereocenters. The molecule has 5 heteroatoms. The monoisotopic (exact) mass is 417 g/mol. The summed E-state index contributed by atoms with van der Waals surface area (Å²) in [5.74, 6) is 0.471. The number of hydrogen-bond donors (Lipinski definition) is 0. The van der Waals surface area contributed by atoms with Gasteiger partial charge in [-0.05, 0) is 48.1 Å². The van der Waals surface area contributed by atoms with E-state index >= 15 is 0 Å². The molecule has 2 aromatic heterocycles. The third-order valence-corrected chi connectivity index (χ3v) is 6.39. The lowest BCUT2D eigenvalue weighted by molar-refractivity contribution is 0.0991. The minimum atomic E-state index is -0.452. The van der Waals surface area contributed by atoms with Crippen molar-refractivity contribution in [2.75, 3.05) is 18.0 Å². The zero-order valence-electron chi connectivity index (χ0n) is 18.4. The van der Waals surface area contributed by atoms with Crippen LogP contribution in [0.3, 0.4) is 0 Å². The lowest BCUT2D eigenvalue weighted by atomic mass is 9.78. The van der Waals surface area contributed by atoms with E-state index in [-0.39, 0.29) is 17.6 Å². The molecule has 160 valence electrons. The Hall–Kier alpha value is -3.08. The van der Waals surface area contributed by atoms with E-state index in [4.69, 9.17) is 4.98 Å². The van der Waals surface area contributed by atoms with Crippen LogP contribution < -0.4 is 4.90 Å². The van der Waals surface area contributed by atoms with Crippen LogP contribution in [0.15, 0.2) is 55.0 Å². The standard InChI is InChI=1S/C26H28FN3O/c1-18-22(16-28-17-23(18)27)24(31)14-19-6-8-20(9-7-19)26(2,3)21-10-11-25(29-15-21)30-12-4-5-13-30/h6-11,15-17H,4-5,12-14H2,1-3H3. The van der Waals surface area contributed by atoms with Crippen LogP contribution in [0.25, 0.3) is 0 Å². The molecule has 0 saturated carbocycles. The molecule has 0 amide bonds. The SMILES string of the molecule is Cc1c(F)cncc1C(=O)Cc1ccc(C(C)(C)c2ccc(N3CCCC3)nc2)cc1. The van der Waals surface area contributed by atoms with Crippen molar-refractivity contribution in [2.24, 2.45) is 0 Å². The minimum Gasteiger partial charge on any atom is -0.357 e. The number of ketones is 1. The number of rotatable bonds is 6. The first-order chi connectivity index (χ1) is 14.9. The first kappa shape index (κ1) is 21.2. The number of Topliss-reactive ketones (excluding diaryl/α,β-unsaturated/α-hetero) is 1. The number of anilines is 1. The molecule has 0 radical (unpaired) electrons. The Balaban J connectivity index is 1.49. The number of benzene rings is 1. The molecule has 1 aliphatic rings. The van der Waals surface area contributed by atoms with Gasteiger partial charge in [0.1, 0.15) is 11.6 Å². The van der Waals surface area contributed by atoms with Gasteiger partial charge in [0.25, 0.3) is 0 Å². The number of nitrogens with zero attached hydrogens (tertiary/aromatic N) is 3. The summed E-state index contributed by atoms with van der Waals surface area (Å²) in [4.78, 5) is 23.5. The molecular formula is C26H28FN3O. The zero-order valence-corrected chi connectivity index (χ0v) is 18.4. The van der Waals surface area contributed by atoms with Crippen molar-refractivity contribution < 1.29 is 9.18 Å². The van der Waals surface area contributed by atoms with Crippen LogP contribution in [0, 0.1) is 12.7 Å². The van der Waals surface area contributed by atoms with E-state index in [2.05, 4.69) is 48.0 Å². The molecule has 0 N–H and O–H groups in total. The van der Waals surface area contributed by atoms with E-state index in [9.17, 15) is 9.18 Å². The average molecular weight is 418 g/mol. The van der Waals surface area contributed by atoms with Gasteiger partial charge in [-0.1, -0.05) is 44.2 Å². The topological polar surface area (TPSA) is 46.1 Å². The number of halogens is 1. The fourth-order valence-corrected chi connectivity index (χ4v) is 4.16. The number of carbonyl (C=O) groups excluding carboxylic acids is 1. The fraction of sp³-hybridized carbons (Fsp3) is 0.346. The van der Waals surface area contributed by atoms with Gasteiger partial charge in [-0.3, -0.25) is 9.78 Å². The second-order valence-electron chi connectivity index (χ2n) is 8.81. The van der Waals surface area contributed by atoms with Gasteiger partial charge in [-0.25, -0.2) is 9.37 Å². The van der Waals surface area contributed by atoms with Crippen molar-refractivity contribution in [1.29, 1.82) is 0 Å². The van der Waals surface area contributed by atoms with Crippen LogP contribution >= 0.6 is 0 Å². The molecule has 1 aliphatic heterocycles. The van der Waals surface area contributed by atoms with Crippen molar-refractivity contribution in [3.8, 4) is 0 Å². The summed E-state index contributed by atoms with van der Waals surface area (Å²) in [5, 5.41) is 0. The minimum absolute atomic E-state index is 0.127. The molecule has 0 bridgehead atoms. The third-order valence-electron chi connectivity index (χ3n) is 6.39. The van der Waals surface area contributed by atoms with Gasteiger partial charge >= 0.3 is 0 Å². The Kier molecular flexibility index (Phi) is 5.86. The van der Waals surface area contributed by atoms with Crippen molar-refractivity contribution >= 4 is 11.6 Å². The highest BCUT2D eigenvalue weighted by molar-refractivity contribution is 5.98. The van der Waals surface area contributed by atoms with Gasteiger partial charge in [-0.15, -0.1) is 0 Å². The van der Waals surface area contributed by atoms with E-state index in [1.165, 1.54) is 19.0 Å². The molecule has 31 heavy (non-hydrogen) atoms. The molecule has 4 nitrogen and oxygen atoms in total. The fourth-order valence-electron chi connectivity index (χ4n) is 4.16. The Labute approximate surface area is 183 Å². The number of hydrogen-bond acceptors (Lipinski definition) is 4. The predicted octanol–water partition coefficient (Wildman–Crippen LogP) is 5.28. The quantitative estimate of drug-likeness (QED) is 0.512. The maximum absolute atomic E-state index is 13.7. The van der Waals surface area contributed by atoms with Crippen molar-refractivity contribution in [1.82, 2.24) is 9.97 Å². The van der Waals surface area contributed by atoms with E-state index in [1.807, 2.05) is 18.3 Å². The lowest BCUT2D eigenvalue weighted by Gasteiger charge is -2.27. The Morgan fingerprint density at radius 1 is 1.00 bits per heavy atom. The van der Waals surface area contributed by atoms with E-state index in [1.54, 1.807) is 6.92 Å². The van der Waals surface area contributed by atoms with Gasteiger partial charge in [0, 0.05) is 42.9 Å². The van der Waals surface area contributed by atoms with Crippen molar-refractivity contribution in [3.05, 3.63) is 88.6 Å². The predicted molar refractivity (Wildman–Crippen MR) is 121 cm³/mol. The van der Waals surface area contributed by atoms with Crippen LogP contribution in [-0.4, -0.2) is 28.8 Å². The van der Waals surface area contributed by atoms with E-state index < -0.39 is 5.82 Å². The van der Waals surface area contributed by atoms with Gasteiger partial charge in [0.15, 0.2) is 5.78 Å². The normalized spacial score (nSPS) is 14.1. The molecule has 0 aliphatic carbocycles. The first-order valence-corrected chi connectivity index (χ1v) is 10.8. The van der Waals surface area contributed by atoms with Crippen LogP contribution in [0.1, 0.15) is 59.3 Å². The molecule has 0 unspecified atom stereocenters. The summed E-state index contributed by atoms with van der Waals surface area (Å²) in [7, 11) is 0. The zero-order chi connectivity index (χ0) is 22.0. The smallest absolute Gasteiger partial charge is 0.169 e. The van der Waals surface area contributed by atoms with Crippen LogP contribution in [0.5, 0.6) is 0 Å². The van der Waals surface area contributed by atoms with Crippen LogP contribution in [0.2, 0.25) is 0 Å². The second-order valence-corrected chi connectivity index (χ2v) is 8.81. The van der Waals surface area contributed by atoms with E-state index in [0.29, 0.717) is 11.1 Å². The average Bonchev–Trinajstić information content (AvgIpc) is 3.31. The molecular weight excluding hydrogens is 389 g/mol. The van der Waals surface area contributed by atoms with Crippen molar-refractivity contribution in [2.45, 2.75) is 45.4 Å². The Bertz CT molecular complexity index is 1070. The highest BCUT2D eigenvalue weighted by Crippen LogP contribution is 2.32. The van der Waals surface area contributed by atoms with Crippen molar-refractivity contribution in [3.63, 3.8) is 0 Å². The number of carbonyl (C=O) groups is 1. The largest absolute Gasteiger partial charge is 0.357 e. The molecule has 1 saturated heterocycles. The highest BCUT2D eigenvalue weighted by Gasteiger charge is 2.24.